The van der Waals surface area contributed by atoms with Gasteiger partial charge in [-0.2, -0.15) is 0 Å². The van der Waals surface area contributed by atoms with Gasteiger partial charge >= 0.3 is 0 Å². The van der Waals surface area contributed by atoms with Gasteiger partial charge in [0.2, 0.25) is 0 Å². The zero-order valence-corrected chi connectivity index (χ0v) is 12.7. The predicted octanol–water partition coefficient (Wildman–Crippen LogP) is 2.94. The standard InChI is InChI=1S/C15H22O3S/c1-15(2,3)13-8-4-5-9-14(13)19(16,17)11-12-7-6-10-18-12/h4-5,8-9,12H,6-7,10-11H2,1-3H3. The molecule has 1 heterocycles. The molecule has 1 aromatic carbocycles. The second-order valence-corrected chi connectivity index (χ2v) is 8.17. The van der Waals surface area contributed by atoms with Crippen molar-refractivity contribution in [3.63, 3.8) is 0 Å². The Morgan fingerprint density at radius 3 is 2.53 bits per heavy atom. The highest BCUT2D eigenvalue weighted by atomic mass is 32.2. The third kappa shape index (κ3) is 3.37. The van der Waals surface area contributed by atoms with E-state index in [-0.39, 0.29) is 17.3 Å². The molecule has 0 spiro atoms. The number of hydrogen-bond acceptors (Lipinski definition) is 3. The summed E-state index contributed by atoms with van der Waals surface area (Å²) in [4.78, 5) is 0.456. The van der Waals surface area contributed by atoms with Crippen LogP contribution in [0.15, 0.2) is 29.2 Å². The third-order valence-corrected chi connectivity index (χ3v) is 5.30. The SMILES string of the molecule is CC(C)(C)c1ccccc1S(=O)(=O)CC1CCCO1. The molecule has 0 N–H and O–H groups in total. The van der Waals surface area contributed by atoms with E-state index in [9.17, 15) is 8.42 Å². The van der Waals surface area contributed by atoms with E-state index in [4.69, 9.17) is 4.74 Å². The monoisotopic (exact) mass is 282 g/mol. The number of ether oxygens (including phenoxy) is 1. The first-order valence-corrected chi connectivity index (χ1v) is 8.40. The fourth-order valence-corrected chi connectivity index (χ4v) is 4.39. The summed E-state index contributed by atoms with van der Waals surface area (Å²) in [5.74, 6) is 0.0973. The van der Waals surface area contributed by atoms with Gasteiger partial charge in [0.15, 0.2) is 9.84 Å². The van der Waals surface area contributed by atoms with Crippen molar-refractivity contribution in [2.24, 2.45) is 0 Å². The minimum Gasteiger partial charge on any atom is -0.377 e. The maximum atomic E-state index is 12.6. The van der Waals surface area contributed by atoms with Crippen molar-refractivity contribution in [1.29, 1.82) is 0 Å². The van der Waals surface area contributed by atoms with Crippen LogP contribution >= 0.6 is 0 Å². The molecule has 1 unspecified atom stereocenters. The Morgan fingerprint density at radius 1 is 1.26 bits per heavy atom. The molecular formula is C15H22O3S. The highest BCUT2D eigenvalue weighted by molar-refractivity contribution is 7.91. The van der Waals surface area contributed by atoms with Gasteiger partial charge in [0.1, 0.15) is 0 Å². The number of hydrogen-bond donors (Lipinski definition) is 0. The quantitative estimate of drug-likeness (QED) is 0.856. The van der Waals surface area contributed by atoms with Crippen molar-refractivity contribution in [3.8, 4) is 0 Å². The smallest absolute Gasteiger partial charge is 0.181 e. The van der Waals surface area contributed by atoms with Crippen molar-refractivity contribution in [2.75, 3.05) is 12.4 Å². The summed E-state index contributed by atoms with van der Waals surface area (Å²) >= 11 is 0. The molecule has 1 fully saturated rings. The maximum Gasteiger partial charge on any atom is 0.181 e. The van der Waals surface area contributed by atoms with E-state index in [1.54, 1.807) is 12.1 Å². The van der Waals surface area contributed by atoms with E-state index in [0.717, 1.165) is 18.4 Å². The van der Waals surface area contributed by atoms with Gasteiger partial charge in [0.05, 0.1) is 16.8 Å². The Hall–Kier alpha value is -0.870. The van der Waals surface area contributed by atoms with Gasteiger partial charge in [-0.05, 0) is 29.9 Å². The molecule has 1 aromatic rings. The Kier molecular flexibility index (Phi) is 4.02. The van der Waals surface area contributed by atoms with Gasteiger partial charge in [-0.15, -0.1) is 0 Å². The number of rotatable bonds is 3. The fourth-order valence-electron chi connectivity index (χ4n) is 2.47. The summed E-state index contributed by atoms with van der Waals surface area (Å²) in [6, 6.07) is 7.30. The molecule has 4 heteroatoms. The summed E-state index contributed by atoms with van der Waals surface area (Å²) in [5, 5.41) is 0. The zero-order valence-electron chi connectivity index (χ0n) is 11.8. The molecule has 1 aliphatic rings. The molecule has 0 aliphatic carbocycles. The van der Waals surface area contributed by atoms with Crippen LogP contribution in [0.5, 0.6) is 0 Å². The normalized spacial score (nSPS) is 20.7. The molecule has 0 aromatic heterocycles. The van der Waals surface area contributed by atoms with Crippen molar-refractivity contribution in [1.82, 2.24) is 0 Å². The Balaban J connectivity index is 2.35. The van der Waals surface area contributed by atoms with Gasteiger partial charge in [0, 0.05) is 6.61 Å². The van der Waals surface area contributed by atoms with Crippen molar-refractivity contribution >= 4 is 9.84 Å². The molecule has 3 nitrogen and oxygen atoms in total. The van der Waals surface area contributed by atoms with Gasteiger partial charge < -0.3 is 4.74 Å². The largest absolute Gasteiger partial charge is 0.377 e. The molecule has 1 atom stereocenters. The minimum absolute atomic E-state index is 0.0973. The summed E-state index contributed by atoms with van der Waals surface area (Å²) in [6.07, 6.45) is 1.66. The Bertz CT molecular complexity index is 535. The van der Waals surface area contributed by atoms with Crippen LogP contribution in [0, 0.1) is 0 Å². The van der Waals surface area contributed by atoms with Gasteiger partial charge in [-0.3, -0.25) is 0 Å². The molecule has 0 radical (unpaired) electrons. The van der Waals surface area contributed by atoms with Crippen LogP contribution in [-0.2, 0) is 20.0 Å². The average molecular weight is 282 g/mol. The molecule has 2 rings (SSSR count). The van der Waals surface area contributed by atoms with Crippen LogP contribution in [0.4, 0.5) is 0 Å². The van der Waals surface area contributed by atoms with Crippen LogP contribution in [0.25, 0.3) is 0 Å². The van der Waals surface area contributed by atoms with Crippen LogP contribution in [0.1, 0.15) is 39.2 Å². The molecular weight excluding hydrogens is 260 g/mol. The summed E-state index contributed by atoms with van der Waals surface area (Å²) < 4.78 is 30.6. The van der Waals surface area contributed by atoms with Crippen LogP contribution in [0.3, 0.4) is 0 Å². The molecule has 0 bridgehead atoms. The van der Waals surface area contributed by atoms with E-state index in [2.05, 4.69) is 0 Å². The van der Waals surface area contributed by atoms with Gasteiger partial charge in [-0.25, -0.2) is 8.42 Å². The van der Waals surface area contributed by atoms with E-state index >= 15 is 0 Å². The lowest BCUT2D eigenvalue weighted by Gasteiger charge is -2.23. The Morgan fingerprint density at radius 2 is 1.95 bits per heavy atom. The molecule has 106 valence electrons. The second kappa shape index (κ2) is 5.25. The lowest BCUT2D eigenvalue weighted by Crippen LogP contribution is -2.24. The van der Waals surface area contributed by atoms with Crippen molar-refractivity contribution in [2.45, 2.75) is 50.0 Å². The van der Waals surface area contributed by atoms with Gasteiger partial charge in [-0.1, -0.05) is 39.0 Å². The number of benzene rings is 1. The minimum atomic E-state index is -3.28. The maximum absolute atomic E-state index is 12.6. The number of sulfone groups is 1. The Labute approximate surface area is 115 Å². The molecule has 1 saturated heterocycles. The van der Waals surface area contributed by atoms with E-state index in [0.29, 0.717) is 11.5 Å². The van der Waals surface area contributed by atoms with E-state index in [1.165, 1.54) is 0 Å². The van der Waals surface area contributed by atoms with Crippen molar-refractivity contribution in [3.05, 3.63) is 29.8 Å². The lowest BCUT2D eigenvalue weighted by atomic mass is 9.87. The molecule has 0 saturated carbocycles. The summed E-state index contributed by atoms with van der Waals surface area (Å²) in [7, 11) is -3.28. The van der Waals surface area contributed by atoms with Crippen molar-refractivity contribution < 1.29 is 13.2 Å². The van der Waals surface area contributed by atoms with Crippen LogP contribution in [0.2, 0.25) is 0 Å². The summed E-state index contributed by atoms with van der Waals surface area (Å²) in [6.45, 7) is 6.79. The van der Waals surface area contributed by atoms with E-state index < -0.39 is 9.84 Å². The first kappa shape index (κ1) is 14.5. The first-order chi connectivity index (χ1) is 8.81. The summed E-state index contributed by atoms with van der Waals surface area (Å²) in [5.41, 5.74) is 0.702. The highest BCUT2D eigenvalue weighted by Gasteiger charge is 2.29. The average Bonchev–Trinajstić information content (AvgIpc) is 2.80. The van der Waals surface area contributed by atoms with E-state index in [1.807, 2.05) is 32.9 Å². The van der Waals surface area contributed by atoms with Crippen LogP contribution < -0.4 is 0 Å². The second-order valence-electron chi connectivity index (χ2n) is 6.16. The zero-order chi connectivity index (χ0) is 14.1. The lowest BCUT2D eigenvalue weighted by molar-refractivity contribution is 0.127. The first-order valence-electron chi connectivity index (χ1n) is 6.74. The van der Waals surface area contributed by atoms with Gasteiger partial charge in [0.25, 0.3) is 0 Å². The third-order valence-electron chi connectivity index (χ3n) is 3.46. The van der Waals surface area contributed by atoms with Crippen LogP contribution in [-0.4, -0.2) is 26.9 Å². The molecule has 1 aliphatic heterocycles. The fraction of sp³-hybridized carbons (Fsp3) is 0.600. The highest BCUT2D eigenvalue weighted by Crippen LogP contribution is 2.30. The topological polar surface area (TPSA) is 43.4 Å². The predicted molar refractivity (Wildman–Crippen MR) is 76.2 cm³/mol. The molecule has 0 amide bonds. The molecule has 19 heavy (non-hydrogen) atoms.